The maximum absolute atomic E-state index is 12.3. The van der Waals surface area contributed by atoms with Crippen LogP contribution < -0.4 is 10.8 Å². The van der Waals surface area contributed by atoms with Crippen molar-refractivity contribution in [2.75, 3.05) is 26.3 Å². The highest BCUT2D eigenvalue weighted by Crippen LogP contribution is 2.09. The van der Waals surface area contributed by atoms with Crippen LogP contribution in [0.2, 0.25) is 0 Å². The highest BCUT2D eigenvalue weighted by Gasteiger charge is 2.25. The number of ether oxygens (including phenoxy) is 1. The van der Waals surface area contributed by atoms with Crippen LogP contribution in [0.3, 0.4) is 0 Å². The number of benzene rings is 2. The van der Waals surface area contributed by atoms with Gasteiger partial charge in [0.25, 0.3) is 11.8 Å². The Kier molecular flexibility index (Phi) is 9.21. The fourth-order valence-corrected chi connectivity index (χ4v) is 3.32. The summed E-state index contributed by atoms with van der Waals surface area (Å²) < 4.78 is 5.37. The second kappa shape index (κ2) is 12.5. The first-order chi connectivity index (χ1) is 16.5. The highest BCUT2D eigenvalue weighted by atomic mass is 16.5. The Morgan fingerprint density at radius 2 is 1.56 bits per heavy atom. The number of nitrogens with one attached hydrogen (secondary N) is 2. The predicted molar refractivity (Wildman–Crippen MR) is 126 cm³/mol. The zero-order valence-corrected chi connectivity index (χ0v) is 18.9. The second-order valence-corrected chi connectivity index (χ2v) is 7.83. The van der Waals surface area contributed by atoms with Gasteiger partial charge in [-0.2, -0.15) is 0 Å². The molecule has 1 saturated heterocycles. The monoisotopic (exact) mass is 461 g/mol. The minimum atomic E-state index is -1.28. The molecule has 1 aliphatic heterocycles. The van der Waals surface area contributed by atoms with Gasteiger partial charge in [-0.05, 0) is 60.7 Å². The van der Waals surface area contributed by atoms with Crippen molar-refractivity contribution in [2.24, 2.45) is 0 Å². The predicted octanol–water partition coefficient (Wildman–Crippen LogP) is 0.907. The lowest BCUT2D eigenvalue weighted by Crippen LogP contribution is -2.51. The molecule has 1 heterocycles. The van der Waals surface area contributed by atoms with E-state index in [1.54, 1.807) is 24.3 Å². The molecule has 1 aliphatic rings. The van der Waals surface area contributed by atoms with Crippen LogP contribution in [0.1, 0.15) is 34.0 Å². The van der Waals surface area contributed by atoms with Crippen LogP contribution in [-0.2, 0) is 16.1 Å². The molecule has 2 aromatic carbocycles. The van der Waals surface area contributed by atoms with Gasteiger partial charge in [0.2, 0.25) is 0 Å². The first-order valence-electron chi connectivity index (χ1n) is 10.9. The summed E-state index contributed by atoms with van der Waals surface area (Å²) in [5.41, 5.74) is 4.49. The third-order valence-electron chi connectivity index (χ3n) is 5.25. The number of carbonyl (C=O) groups is 2. The number of amides is 2. The van der Waals surface area contributed by atoms with E-state index in [9.17, 15) is 14.7 Å². The molecule has 2 aromatic rings. The third-order valence-corrected chi connectivity index (χ3v) is 5.25. The molecule has 176 valence electrons. The molecule has 0 saturated carbocycles. The molecule has 2 amide bonds. The Bertz CT molecular complexity index is 1100. The van der Waals surface area contributed by atoms with E-state index in [1.807, 2.05) is 12.1 Å². The van der Waals surface area contributed by atoms with E-state index in [0.717, 1.165) is 38.4 Å². The quantitative estimate of drug-likeness (QED) is 0.289. The minimum absolute atomic E-state index is 0.283. The number of aliphatic hydroxyl groups is 1. The van der Waals surface area contributed by atoms with Gasteiger partial charge in [-0.1, -0.05) is 24.0 Å². The SMILES string of the molecule is CC(O)[C@H](NC(=O)c1ccc(C#CC#Cc2ccc(CN3CCOCC3)cc2)cc1)C(=O)NO. The number of hydroxylamine groups is 1. The summed E-state index contributed by atoms with van der Waals surface area (Å²) in [4.78, 5) is 26.2. The van der Waals surface area contributed by atoms with Crippen molar-refractivity contribution in [3.63, 3.8) is 0 Å². The summed E-state index contributed by atoms with van der Waals surface area (Å²) >= 11 is 0. The lowest BCUT2D eigenvalue weighted by Gasteiger charge is -2.26. The average molecular weight is 462 g/mol. The summed E-state index contributed by atoms with van der Waals surface area (Å²) in [5, 5.41) is 20.7. The molecule has 4 N–H and O–H groups in total. The van der Waals surface area contributed by atoms with Crippen LogP contribution in [0.4, 0.5) is 0 Å². The maximum atomic E-state index is 12.3. The van der Waals surface area contributed by atoms with Gasteiger partial charge >= 0.3 is 0 Å². The number of carbonyl (C=O) groups excluding carboxylic acids is 2. The molecule has 0 spiro atoms. The summed E-state index contributed by atoms with van der Waals surface area (Å²) in [6.45, 7) is 5.70. The Labute approximate surface area is 198 Å². The van der Waals surface area contributed by atoms with E-state index in [4.69, 9.17) is 9.94 Å². The Morgan fingerprint density at radius 3 is 2.09 bits per heavy atom. The van der Waals surface area contributed by atoms with Gasteiger partial charge in [0.05, 0.1) is 19.3 Å². The molecule has 0 bridgehead atoms. The van der Waals surface area contributed by atoms with Crippen molar-refractivity contribution >= 4 is 11.8 Å². The van der Waals surface area contributed by atoms with Crippen LogP contribution in [0.5, 0.6) is 0 Å². The fraction of sp³-hybridized carbons (Fsp3) is 0.308. The Hall–Kier alpha value is -3.66. The van der Waals surface area contributed by atoms with Gasteiger partial charge in [0.1, 0.15) is 6.04 Å². The molecule has 8 heteroatoms. The van der Waals surface area contributed by atoms with Crippen molar-refractivity contribution < 1.29 is 24.6 Å². The van der Waals surface area contributed by atoms with E-state index in [1.165, 1.54) is 18.0 Å². The van der Waals surface area contributed by atoms with Crippen molar-refractivity contribution in [1.82, 2.24) is 15.7 Å². The van der Waals surface area contributed by atoms with E-state index in [-0.39, 0.29) is 5.56 Å². The van der Waals surface area contributed by atoms with E-state index in [2.05, 4.69) is 46.0 Å². The smallest absolute Gasteiger partial charge is 0.268 e. The van der Waals surface area contributed by atoms with E-state index >= 15 is 0 Å². The van der Waals surface area contributed by atoms with Gasteiger partial charge in [0, 0.05) is 36.3 Å². The first-order valence-corrected chi connectivity index (χ1v) is 10.9. The van der Waals surface area contributed by atoms with Crippen molar-refractivity contribution in [3.05, 3.63) is 70.8 Å². The lowest BCUT2D eigenvalue weighted by molar-refractivity contribution is -0.133. The summed E-state index contributed by atoms with van der Waals surface area (Å²) in [7, 11) is 0. The molecule has 8 nitrogen and oxygen atoms in total. The molecule has 1 unspecified atom stereocenters. The number of rotatable bonds is 6. The van der Waals surface area contributed by atoms with E-state index in [0.29, 0.717) is 5.56 Å². The van der Waals surface area contributed by atoms with Crippen LogP contribution in [0, 0.1) is 23.7 Å². The molecular formula is C26H27N3O5. The van der Waals surface area contributed by atoms with Crippen molar-refractivity contribution in [2.45, 2.75) is 25.6 Å². The van der Waals surface area contributed by atoms with Gasteiger partial charge in [-0.15, -0.1) is 0 Å². The third kappa shape index (κ3) is 7.45. The maximum Gasteiger partial charge on any atom is 0.268 e. The highest BCUT2D eigenvalue weighted by molar-refractivity contribution is 5.97. The standard InChI is InChI=1S/C26H27N3O5/c1-19(30)24(26(32)28-33)27-25(31)23-12-10-21(11-13-23)5-3-2-4-20-6-8-22(9-7-20)18-29-14-16-34-17-15-29/h6-13,19,24,30,33H,14-18H2,1H3,(H,27,31)(H,28,32)/t19?,24-/m0/s1. The fourth-order valence-electron chi connectivity index (χ4n) is 3.32. The molecule has 0 aliphatic carbocycles. The molecule has 1 fully saturated rings. The summed E-state index contributed by atoms with van der Waals surface area (Å²) in [6, 6.07) is 13.3. The van der Waals surface area contributed by atoms with Crippen LogP contribution in [-0.4, -0.2) is 65.5 Å². The average Bonchev–Trinajstić information content (AvgIpc) is 2.86. The summed E-state index contributed by atoms with van der Waals surface area (Å²) in [6.07, 6.45) is -1.18. The molecular weight excluding hydrogens is 434 g/mol. The van der Waals surface area contributed by atoms with Gasteiger partial charge < -0.3 is 15.2 Å². The normalized spacial score (nSPS) is 15.0. The molecule has 34 heavy (non-hydrogen) atoms. The van der Waals surface area contributed by atoms with Crippen LogP contribution in [0.15, 0.2) is 48.5 Å². The zero-order valence-electron chi connectivity index (χ0n) is 18.9. The van der Waals surface area contributed by atoms with Gasteiger partial charge in [0.15, 0.2) is 0 Å². The molecule has 0 aromatic heterocycles. The summed E-state index contributed by atoms with van der Waals surface area (Å²) in [5.74, 6) is 10.1. The van der Waals surface area contributed by atoms with E-state index < -0.39 is 24.0 Å². The van der Waals surface area contributed by atoms with Crippen molar-refractivity contribution in [1.29, 1.82) is 0 Å². The van der Waals surface area contributed by atoms with Crippen LogP contribution >= 0.6 is 0 Å². The largest absolute Gasteiger partial charge is 0.391 e. The second-order valence-electron chi connectivity index (χ2n) is 7.83. The number of nitrogens with zero attached hydrogens (tertiary/aromatic N) is 1. The molecule has 0 radical (unpaired) electrons. The number of aliphatic hydroxyl groups excluding tert-OH is 1. The van der Waals surface area contributed by atoms with Crippen LogP contribution in [0.25, 0.3) is 0 Å². The van der Waals surface area contributed by atoms with Gasteiger partial charge in [-0.3, -0.25) is 19.7 Å². The number of morpholine rings is 1. The molecule has 3 rings (SSSR count). The number of hydrogen-bond acceptors (Lipinski definition) is 6. The Balaban J connectivity index is 1.55. The lowest BCUT2D eigenvalue weighted by atomic mass is 10.1. The minimum Gasteiger partial charge on any atom is -0.391 e. The van der Waals surface area contributed by atoms with Gasteiger partial charge in [-0.25, -0.2) is 5.48 Å². The Morgan fingerprint density at radius 1 is 1.00 bits per heavy atom. The number of hydrogen-bond donors (Lipinski definition) is 4. The topological polar surface area (TPSA) is 111 Å². The zero-order chi connectivity index (χ0) is 24.3. The first kappa shape index (κ1) is 25.0. The van der Waals surface area contributed by atoms with Crippen molar-refractivity contribution in [3.8, 4) is 23.7 Å². The molecule has 2 atom stereocenters.